The van der Waals surface area contributed by atoms with Gasteiger partial charge in [-0.15, -0.1) is 0 Å². The number of hydrogen-bond donors (Lipinski definition) is 0. The summed E-state index contributed by atoms with van der Waals surface area (Å²) in [6.45, 7) is 4.68. The van der Waals surface area contributed by atoms with E-state index in [4.69, 9.17) is 4.42 Å². The van der Waals surface area contributed by atoms with Crippen molar-refractivity contribution in [3.8, 4) is 0 Å². The maximum atomic E-state index is 5.89. The lowest BCUT2D eigenvalue weighted by Crippen LogP contribution is -2.17. The molecular weight excluding hydrogens is 222 g/mol. The van der Waals surface area contributed by atoms with Crippen LogP contribution in [0.1, 0.15) is 51.3 Å². The Morgan fingerprint density at radius 3 is 2.50 bits per heavy atom. The van der Waals surface area contributed by atoms with Crippen LogP contribution in [0.5, 0.6) is 0 Å². The fourth-order valence-electron chi connectivity index (χ4n) is 3.10. The highest BCUT2D eigenvalue weighted by Gasteiger charge is 2.27. The summed E-state index contributed by atoms with van der Waals surface area (Å²) < 4.78 is 5.89. The van der Waals surface area contributed by atoms with Crippen molar-refractivity contribution in [2.75, 3.05) is 0 Å². The molecule has 1 aromatic carbocycles. The number of rotatable bonds is 2. The SMILES string of the molecule is CC(C)C1CCC(c2nc3ccccc3o2)CC1. The van der Waals surface area contributed by atoms with Crippen molar-refractivity contribution in [2.45, 2.75) is 45.4 Å². The van der Waals surface area contributed by atoms with Gasteiger partial charge in [0.2, 0.25) is 0 Å². The first kappa shape index (κ1) is 11.8. The Kier molecular flexibility index (Phi) is 3.11. The average Bonchev–Trinajstić information content (AvgIpc) is 2.82. The quantitative estimate of drug-likeness (QED) is 0.760. The van der Waals surface area contributed by atoms with Gasteiger partial charge in [0.1, 0.15) is 5.52 Å². The van der Waals surface area contributed by atoms with Gasteiger partial charge < -0.3 is 4.42 Å². The fraction of sp³-hybridized carbons (Fsp3) is 0.562. The Morgan fingerprint density at radius 2 is 1.83 bits per heavy atom. The minimum absolute atomic E-state index is 0.535. The second-order valence-corrected chi connectivity index (χ2v) is 5.88. The molecule has 0 atom stereocenters. The molecule has 1 heterocycles. The molecule has 0 N–H and O–H groups in total. The number of aromatic nitrogens is 1. The van der Waals surface area contributed by atoms with Crippen molar-refractivity contribution in [2.24, 2.45) is 11.8 Å². The van der Waals surface area contributed by atoms with Crippen LogP contribution in [0, 0.1) is 11.8 Å². The molecule has 2 nitrogen and oxygen atoms in total. The Bertz CT molecular complexity index is 488. The molecular formula is C16H21NO. The monoisotopic (exact) mass is 243 g/mol. The van der Waals surface area contributed by atoms with Gasteiger partial charge in [0.15, 0.2) is 11.5 Å². The molecule has 0 aliphatic heterocycles. The number of fused-ring (bicyclic) bond motifs is 1. The van der Waals surface area contributed by atoms with Gasteiger partial charge in [0, 0.05) is 5.92 Å². The molecule has 0 unspecified atom stereocenters. The Labute approximate surface area is 108 Å². The van der Waals surface area contributed by atoms with E-state index in [9.17, 15) is 0 Å². The standard InChI is InChI=1S/C16H21NO/c1-11(2)12-7-9-13(10-8-12)16-17-14-5-3-4-6-15(14)18-16/h3-6,11-13H,7-10H2,1-2H3. The van der Waals surface area contributed by atoms with E-state index in [0.717, 1.165) is 28.8 Å². The number of nitrogens with zero attached hydrogens (tertiary/aromatic N) is 1. The third-order valence-corrected chi connectivity index (χ3v) is 4.37. The molecule has 3 rings (SSSR count). The molecule has 2 heteroatoms. The first-order valence-corrected chi connectivity index (χ1v) is 7.09. The van der Waals surface area contributed by atoms with Crippen LogP contribution < -0.4 is 0 Å². The summed E-state index contributed by atoms with van der Waals surface area (Å²) >= 11 is 0. The molecule has 1 aromatic heterocycles. The Balaban J connectivity index is 1.76. The largest absolute Gasteiger partial charge is 0.440 e. The summed E-state index contributed by atoms with van der Waals surface area (Å²) in [5.74, 6) is 3.20. The lowest BCUT2D eigenvalue weighted by Gasteiger charge is -2.29. The normalized spacial score (nSPS) is 24.8. The van der Waals surface area contributed by atoms with E-state index in [0.29, 0.717) is 5.92 Å². The minimum atomic E-state index is 0.535. The van der Waals surface area contributed by atoms with Crippen molar-refractivity contribution in [3.63, 3.8) is 0 Å². The van der Waals surface area contributed by atoms with Gasteiger partial charge in [-0.05, 0) is 49.7 Å². The van der Waals surface area contributed by atoms with Gasteiger partial charge >= 0.3 is 0 Å². The van der Waals surface area contributed by atoms with E-state index < -0.39 is 0 Å². The Morgan fingerprint density at radius 1 is 1.11 bits per heavy atom. The highest BCUT2D eigenvalue weighted by molar-refractivity contribution is 5.72. The lowest BCUT2D eigenvalue weighted by atomic mass is 9.77. The van der Waals surface area contributed by atoms with Gasteiger partial charge in [0.05, 0.1) is 0 Å². The van der Waals surface area contributed by atoms with Gasteiger partial charge in [-0.3, -0.25) is 0 Å². The summed E-state index contributed by atoms with van der Waals surface area (Å²) in [7, 11) is 0. The predicted octanol–water partition coefficient (Wildman–Crippen LogP) is 4.76. The van der Waals surface area contributed by atoms with Crippen LogP contribution in [0.15, 0.2) is 28.7 Å². The van der Waals surface area contributed by atoms with E-state index >= 15 is 0 Å². The van der Waals surface area contributed by atoms with Crippen LogP contribution in [0.25, 0.3) is 11.1 Å². The maximum absolute atomic E-state index is 5.89. The van der Waals surface area contributed by atoms with Crippen LogP contribution in [-0.4, -0.2) is 4.98 Å². The molecule has 0 amide bonds. The molecule has 18 heavy (non-hydrogen) atoms. The fourth-order valence-corrected chi connectivity index (χ4v) is 3.10. The zero-order valence-electron chi connectivity index (χ0n) is 11.2. The summed E-state index contributed by atoms with van der Waals surface area (Å²) in [4.78, 5) is 4.64. The highest BCUT2D eigenvalue weighted by atomic mass is 16.3. The van der Waals surface area contributed by atoms with Crippen LogP contribution in [0.3, 0.4) is 0 Å². The third kappa shape index (κ3) is 2.16. The molecule has 0 saturated heterocycles. The van der Waals surface area contributed by atoms with Crippen LogP contribution >= 0.6 is 0 Å². The third-order valence-electron chi connectivity index (χ3n) is 4.37. The van der Waals surface area contributed by atoms with Crippen molar-refractivity contribution in [1.29, 1.82) is 0 Å². The van der Waals surface area contributed by atoms with Crippen LogP contribution in [-0.2, 0) is 0 Å². The number of oxazole rings is 1. The summed E-state index contributed by atoms with van der Waals surface area (Å²) in [5, 5.41) is 0. The molecule has 0 radical (unpaired) electrons. The van der Waals surface area contributed by atoms with Gasteiger partial charge in [-0.1, -0.05) is 26.0 Å². The van der Waals surface area contributed by atoms with Crippen molar-refractivity contribution < 1.29 is 4.42 Å². The number of hydrogen-bond acceptors (Lipinski definition) is 2. The minimum Gasteiger partial charge on any atom is -0.440 e. The summed E-state index contributed by atoms with van der Waals surface area (Å²) in [5.41, 5.74) is 1.93. The second kappa shape index (κ2) is 4.75. The van der Waals surface area contributed by atoms with Gasteiger partial charge in [0.25, 0.3) is 0 Å². The second-order valence-electron chi connectivity index (χ2n) is 5.88. The smallest absolute Gasteiger partial charge is 0.198 e. The van der Waals surface area contributed by atoms with Crippen LogP contribution in [0.2, 0.25) is 0 Å². The molecule has 1 aliphatic carbocycles. The molecule has 96 valence electrons. The summed E-state index contributed by atoms with van der Waals surface area (Å²) in [6.07, 6.45) is 5.10. The first-order valence-electron chi connectivity index (χ1n) is 7.09. The zero-order chi connectivity index (χ0) is 12.5. The van der Waals surface area contributed by atoms with Crippen molar-refractivity contribution in [3.05, 3.63) is 30.2 Å². The lowest BCUT2D eigenvalue weighted by molar-refractivity contribution is 0.243. The predicted molar refractivity (Wildman–Crippen MR) is 73.5 cm³/mol. The molecule has 1 aliphatic rings. The van der Waals surface area contributed by atoms with Crippen molar-refractivity contribution in [1.82, 2.24) is 4.98 Å². The Hall–Kier alpha value is -1.31. The van der Waals surface area contributed by atoms with Crippen LogP contribution in [0.4, 0.5) is 0 Å². The first-order chi connectivity index (χ1) is 8.74. The summed E-state index contributed by atoms with van der Waals surface area (Å²) in [6, 6.07) is 8.06. The number of benzene rings is 1. The molecule has 1 saturated carbocycles. The number of para-hydroxylation sites is 2. The van der Waals surface area contributed by atoms with E-state index in [1.807, 2.05) is 24.3 Å². The molecule has 0 bridgehead atoms. The van der Waals surface area contributed by atoms with E-state index in [1.165, 1.54) is 25.7 Å². The van der Waals surface area contributed by atoms with Gasteiger partial charge in [-0.25, -0.2) is 4.98 Å². The highest BCUT2D eigenvalue weighted by Crippen LogP contribution is 2.38. The average molecular weight is 243 g/mol. The van der Waals surface area contributed by atoms with E-state index in [1.54, 1.807) is 0 Å². The zero-order valence-corrected chi connectivity index (χ0v) is 11.2. The van der Waals surface area contributed by atoms with Gasteiger partial charge in [-0.2, -0.15) is 0 Å². The maximum Gasteiger partial charge on any atom is 0.198 e. The topological polar surface area (TPSA) is 26.0 Å². The van der Waals surface area contributed by atoms with Crippen molar-refractivity contribution >= 4 is 11.1 Å². The molecule has 1 fully saturated rings. The molecule has 0 spiro atoms. The van der Waals surface area contributed by atoms with E-state index in [2.05, 4.69) is 18.8 Å². The molecule has 2 aromatic rings. The van der Waals surface area contributed by atoms with E-state index in [-0.39, 0.29) is 0 Å².